The summed E-state index contributed by atoms with van der Waals surface area (Å²) in [4.78, 5) is 10.3. The van der Waals surface area contributed by atoms with Crippen LogP contribution < -0.4 is 0 Å². The van der Waals surface area contributed by atoms with Crippen LogP contribution in [0.4, 0.5) is 0 Å². The van der Waals surface area contributed by atoms with Gasteiger partial charge >= 0.3 is 5.97 Å². The van der Waals surface area contributed by atoms with Crippen LogP contribution in [0.25, 0.3) is 0 Å². The molecule has 0 saturated carbocycles. The van der Waals surface area contributed by atoms with Crippen molar-refractivity contribution in [2.24, 2.45) is 0 Å². The smallest absolute Gasteiger partial charge is 0.303 e. The monoisotopic (exact) mass is 230 g/mol. The van der Waals surface area contributed by atoms with Gasteiger partial charge in [0, 0.05) is 6.42 Å². The first-order chi connectivity index (χ1) is 8.57. The minimum absolute atomic E-state index is 0.0900. The second-order valence-electron chi connectivity index (χ2n) is 4.12. The SMILES string of the molecule is [3H]/C(CCCCCCCC)=C(\[3H])CCCC(=O)O. The van der Waals surface area contributed by atoms with E-state index in [9.17, 15) is 4.79 Å². The molecule has 0 aromatic carbocycles. The van der Waals surface area contributed by atoms with Crippen LogP contribution in [-0.4, -0.2) is 11.1 Å². The van der Waals surface area contributed by atoms with Crippen molar-refractivity contribution in [3.05, 3.63) is 12.1 Å². The highest BCUT2D eigenvalue weighted by molar-refractivity contribution is 5.66. The van der Waals surface area contributed by atoms with Gasteiger partial charge in [0.25, 0.3) is 0 Å². The summed E-state index contributed by atoms with van der Waals surface area (Å²) in [6.07, 6.45) is 8.74. The Bertz CT molecular complexity index is 263. The Morgan fingerprint density at radius 1 is 1.06 bits per heavy atom. The summed E-state index contributed by atoms with van der Waals surface area (Å²) in [5.41, 5.74) is 0. The highest BCUT2D eigenvalue weighted by Crippen LogP contribution is 2.07. The molecular formula is C14H26O2. The molecule has 0 aromatic heterocycles. The van der Waals surface area contributed by atoms with Crippen molar-refractivity contribution < 1.29 is 12.6 Å². The first kappa shape index (κ1) is 11.7. The zero-order valence-corrected chi connectivity index (χ0v) is 10.4. The summed E-state index contributed by atoms with van der Waals surface area (Å²) in [6, 6.07) is 0.695. The molecule has 0 unspecified atom stereocenters. The molecule has 0 radical (unpaired) electrons. The number of rotatable bonds is 11. The number of carboxylic acid groups (broad SMARTS) is 1. The highest BCUT2D eigenvalue weighted by atomic mass is 16.4. The maximum absolute atomic E-state index is 10.3. The lowest BCUT2D eigenvalue weighted by Gasteiger charge is -1.97. The molecule has 0 aromatic rings. The topological polar surface area (TPSA) is 37.3 Å². The zero-order valence-electron chi connectivity index (χ0n) is 12.4. The van der Waals surface area contributed by atoms with Gasteiger partial charge in [-0.05, 0) is 25.7 Å². The van der Waals surface area contributed by atoms with E-state index in [0.717, 1.165) is 12.8 Å². The van der Waals surface area contributed by atoms with Crippen LogP contribution in [0.15, 0.2) is 12.1 Å². The van der Waals surface area contributed by atoms with Crippen molar-refractivity contribution >= 4 is 5.97 Å². The van der Waals surface area contributed by atoms with E-state index in [1.165, 1.54) is 25.7 Å². The van der Waals surface area contributed by atoms with Gasteiger partial charge in [0.15, 0.2) is 0 Å². The van der Waals surface area contributed by atoms with Crippen LogP contribution in [0.3, 0.4) is 0 Å². The van der Waals surface area contributed by atoms with Crippen molar-refractivity contribution in [3.63, 3.8) is 0 Å². The largest absolute Gasteiger partial charge is 0.481 e. The number of carboxylic acids is 1. The van der Waals surface area contributed by atoms with Crippen molar-refractivity contribution in [1.82, 2.24) is 0 Å². The number of hydrogen-bond donors (Lipinski definition) is 1. The van der Waals surface area contributed by atoms with Crippen LogP contribution in [0.1, 0.15) is 73.9 Å². The minimum atomic E-state index is -0.828. The fourth-order valence-corrected chi connectivity index (χ4v) is 1.50. The Hall–Kier alpha value is -0.790. The van der Waals surface area contributed by atoms with E-state index in [4.69, 9.17) is 7.85 Å². The molecule has 2 heteroatoms. The summed E-state index contributed by atoms with van der Waals surface area (Å²) in [5.74, 6) is -0.828. The van der Waals surface area contributed by atoms with Gasteiger partial charge in [-0.3, -0.25) is 4.79 Å². The summed E-state index contributed by atoms with van der Waals surface area (Å²) >= 11 is 0. The van der Waals surface area contributed by atoms with Gasteiger partial charge in [0.1, 0.15) is 0 Å². The second-order valence-corrected chi connectivity index (χ2v) is 4.12. The number of unbranched alkanes of at least 4 members (excludes halogenated alkanes) is 5. The lowest BCUT2D eigenvalue weighted by atomic mass is 10.1. The van der Waals surface area contributed by atoms with E-state index in [2.05, 4.69) is 6.92 Å². The van der Waals surface area contributed by atoms with E-state index in [1.54, 1.807) is 0 Å². The minimum Gasteiger partial charge on any atom is -0.481 e. The lowest BCUT2D eigenvalue weighted by molar-refractivity contribution is -0.137. The number of hydrogen-bond acceptors (Lipinski definition) is 1. The normalized spacial score (nSPS) is 14.1. The van der Waals surface area contributed by atoms with Crippen molar-refractivity contribution in [1.29, 1.82) is 0 Å². The van der Waals surface area contributed by atoms with Gasteiger partial charge in [0.2, 0.25) is 0 Å². The first-order valence-corrected chi connectivity index (χ1v) is 6.45. The van der Waals surface area contributed by atoms with E-state index in [-0.39, 0.29) is 6.42 Å². The van der Waals surface area contributed by atoms with E-state index < -0.39 is 5.97 Å². The third kappa shape index (κ3) is 13.2. The average molecular weight is 230 g/mol. The molecule has 94 valence electrons. The van der Waals surface area contributed by atoms with E-state index in [1.807, 2.05) is 0 Å². The van der Waals surface area contributed by atoms with Crippen LogP contribution in [0.5, 0.6) is 0 Å². The third-order valence-corrected chi connectivity index (χ3v) is 2.47. The molecule has 2 nitrogen and oxygen atoms in total. The van der Waals surface area contributed by atoms with Crippen molar-refractivity contribution in [2.45, 2.75) is 71.1 Å². The molecule has 0 aliphatic heterocycles. The quantitative estimate of drug-likeness (QED) is 0.417. The molecule has 0 spiro atoms. The number of aliphatic carboxylic acids is 1. The van der Waals surface area contributed by atoms with E-state index in [0.29, 0.717) is 31.4 Å². The van der Waals surface area contributed by atoms with Crippen LogP contribution in [0.2, 0.25) is 0 Å². The van der Waals surface area contributed by atoms with Gasteiger partial charge in [0.05, 0.1) is 2.74 Å². The predicted molar refractivity (Wildman–Crippen MR) is 68.6 cm³/mol. The Balaban J connectivity index is 3.63. The summed E-state index contributed by atoms with van der Waals surface area (Å²) in [5, 5.41) is 8.48. The Morgan fingerprint density at radius 3 is 2.25 bits per heavy atom. The molecule has 0 aliphatic carbocycles. The van der Waals surface area contributed by atoms with Crippen molar-refractivity contribution in [3.8, 4) is 0 Å². The maximum Gasteiger partial charge on any atom is 0.303 e. The molecule has 0 fully saturated rings. The third-order valence-electron chi connectivity index (χ3n) is 2.47. The van der Waals surface area contributed by atoms with Crippen LogP contribution in [-0.2, 0) is 4.79 Å². The lowest BCUT2D eigenvalue weighted by Crippen LogP contribution is -1.92. The molecule has 0 heterocycles. The van der Waals surface area contributed by atoms with Gasteiger partial charge in [-0.2, -0.15) is 0 Å². The molecule has 16 heavy (non-hydrogen) atoms. The van der Waals surface area contributed by atoms with Crippen LogP contribution in [0, 0.1) is 0 Å². The van der Waals surface area contributed by atoms with E-state index >= 15 is 0 Å². The van der Waals surface area contributed by atoms with Gasteiger partial charge in [-0.25, -0.2) is 0 Å². The molecule has 0 amide bonds. The van der Waals surface area contributed by atoms with Gasteiger partial charge in [-0.1, -0.05) is 51.1 Å². The number of carbonyl (C=O) groups is 1. The summed E-state index contributed by atoms with van der Waals surface area (Å²) < 4.78 is 15.4. The standard InChI is InChI=1S/C14H26O2/c1-2-3-4-5-6-7-8-9-10-11-12-13-14(15)16/h9-10H,2-8,11-13H2,1H3,(H,15,16)/b10-9-/i9T,10T. The Labute approximate surface area is 103 Å². The van der Waals surface area contributed by atoms with Crippen molar-refractivity contribution in [2.75, 3.05) is 0 Å². The summed E-state index contributed by atoms with van der Waals surface area (Å²) in [7, 11) is 0. The van der Waals surface area contributed by atoms with Gasteiger partial charge in [-0.15, -0.1) is 0 Å². The maximum atomic E-state index is 10.3. The zero-order chi connectivity index (χ0) is 13.8. The number of allylic oxidation sites excluding steroid dienone is 2. The fraction of sp³-hybridized carbons (Fsp3) is 0.786. The molecule has 0 atom stereocenters. The highest BCUT2D eigenvalue weighted by Gasteiger charge is 1.93. The molecule has 0 rings (SSSR count). The second kappa shape index (κ2) is 12.3. The Morgan fingerprint density at radius 2 is 1.62 bits per heavy atom. The summed E-state index contributed by atoms with van der Waals surface area (Å²) in [6.45, 7) is 2.19. The average Bonchev–Trinajstić information content (AvgIpc) is 2.32. The van der Waals surface area contributed by atoms with Crippen LogP contribution >= 0.6 is 0 Å². The molecule has 0 bridgehead atoms. The molecule has 0 saturated heterocycles. The molecule has 0 aliphatic rings. The Kier molecular flexibility index (Phi) is 8.97. The fourth-order valence-electron chi connectivity index (χ4n) is 1.50. The first-order valence-electron chi connectivity index (χ1n) is 7.45. The van der Waals surface area contributed by atoms with Gasteiger partial charge < -0.3 is 5.11 Å². The molecule has 1 N–H and O–H groups in total. The predicted octanol–water partition coefficient (Wildman–Crippen LogP) is 4.55. The molecular weight excluding hydrogens is 200 g/mol.